The quantitative estimate of drug-likeness (QED) is 0.347. The molecule has 0 aliphatic carbocycles. The van der Waals surface area contributed by atoms with E-state index in [2.05, 4.69) is 15.0 Å². The number of nitrogens with two attached hydrogens (primary N) is 1. The largest absolute Gasteiger partial charge is 0.506 e. The van der Waals surface area contributed by atoms with Crippen LogP contribution in [0.4, 0.5) is 5.13 Å². The van der Waals surface area contributed by atoms with E-state index in [1.165, 1.54) is 17.5 Å². The predicted molar refractivity (Wildman–Crippen MR) is 125 cm³/mol. The molecule has 31 heavy (non-hydrogen) atoms. The molecule has 5 aromatic rings. The van der Waals surface area contributed by atoms with Gasteiger partial charge in [0.15, 0.2) is 5.13 Å². The molecule has 0 unspecified atom stereocenters. The fourth-order valence-corrected chi connectivity index (χ4v) is 4.39. The van der Waals surface area contributed by atoms with Crippen LogP contribution in [0.5, 0.6) is 5.75 Å². The summed E-state index contributed by atoms with van der Waals surface area (Å²) in [4.78, 5) is 23.7. The summed E-state index contributed by atoms with van der Waals surface area (Å²) in [5, 5.41) is 14.3. The number of H-pyrrole nitrogens is 1. The third kappa shape index (κ3) is 3.43. The molecule has 4 N–H and O–H groups in total. The second-order valence-electron chi connectivity index (χ2n) is 6.95. The first-order valence-electron chi connectivity index (χ1n) is 9.32. The van der Waals surface area contributed by atoms with Crippen molar-refractivity contribution in [2.45, 2.75) is 0 Å². The SMILES string of the molecule is Nc1nc(-c2ccc(-c3cc4c(O)c(-c5cccnc5)c(=O)[nH]c4cc3Cl)cc2)cs1. The summed E-state index contributed by atoms with van der Waals surface area (Å²) in [6.07, 6.45) is 3.15. The van der Waals surface area contributed by atoms with Gasteiger partial charge < -0.3 is 15.8 Å². The molecule has 6 nitrogen and oxygen atoms in total. The molecule has 152 valence electrons. The van der Waals surface area contributed by atoms with E-state index in [4.69, 9.17) is 17.3 Å². The fraction of sp³-hybridized carbons (Fsp3) is 0. The van der Waals surface area contributed by atoms with Crippen LogP contribution in [0.1, 0.15) is 0 Å². The number of benzene rings is 2. The van der Waals surface area contributed by atoms with Crippen LogP contribution in [0.3, 0.4) is 0 Å². The average molecular weight is 447 g/mol. The number of fused-ring (bicyclic) bond motifs is 1. The number of rotatable bonds is 3. The highest BCUT2D eigenvalue weighted by molar-refractivity contribution is 7.13. The Labute approximate surface area is 185 Å². The fourth-order valence-electron chi connectivity index (χ4n) is 3.54. The molecule has 0 radical (unpaired) electrons. The van der Waals surface area contributed by atoms with Gasteiger partial charge in [-0.2, -0.15) is 0 Å². The van der Waals surface area contributed by atoms with Crippen LogP contribution in [0.25, 0.3) is 44.4 Å². The summed E-state index contributed by atoms with van der Waals surface area (Å²) in [6.45, 7) is 0. The number of halogens is 1. The summed E-state index contributed by atoms with van der Waals surface area (Å²) >= 11 is 7.91. The Morgan fingerprint density at radius 3 is 2.52 bits per heavy atom. The Balaban J connectivity index is 1.64. The number of anilines is 1. The van der Waals surface area contributed by atoms with Gasteiger partial charge in [0.1, 0.15) is 5.75 Å². The topological polar surface area (TPSA) is 105 Å². The third-order valence-electron chi connectivity index (χ3n) is 5.04. The minimum absolute atomic E-state index is 0.112. The molecule has 0 amide bonds. The molecule has 3 heterocycles. The first kappa shape index (κ1) is 19.3. The monoisotopic (exact) mass is 446 g/mol. The highest BCUT2D eigenvalue weighted by atomic mass is 35.5. The van der Waals surface area contributed by atoms with E-state index in [-0.39, 0.29) is 11.3 Å². The molecule has 8 heteroatoms. The third-order valence-corrected chi connectivity index (χ3v) is 6.02. The van der Waals surface area contributed by atoms with Crippen molar-refractivity contribution in [3.63, 3.8) is 0 Å². The van der Waals surface area contributed by atoms with E-state index in [1.54, 1.807) is 30.5 Å². The second kappa shape index (κ2) is 7.54. The number of aromatic amines is 1. The molecule has 5 rings (SSSR count). The molecule has 2 aromatic carbocycles. The van der Waals surface area contributed by atoms with E-state index in [0.29, 0.717) is 26.6 Å². The standard InChI is InChI=1S/C23H15ClN4O2S/c24-17-9-18-16(21(29)20(22(30)27-18)14-2-1-7-26-10-14)8-15(17)12-3-5-13(6-4-12)19-11-31-23(25)28-19/h1-11H,(H2,25,28)(H2,27,29,30). The Hall–Kier alpha value is -3.68. The van der Waals surface area contributed by atoms with Crippen molar-refractivity contribution in [1.29, 1.82) is 0 Å². The molecular weight excluding hydrogens is 432 g/mol. The minimum atomic E-state index is -0.409. The number of nitrogen functional groups attached to an aromatic ring is 1. The summed E-state index contributed by atoms with van der Waals surface area (Å²) in [5.41, 5.74) is 9.84. The Bertz CT molecular complexity index is 1480. The molecule has 0 atom stereocenters. The van der Waals surface area contributed by atoms with E-state index >= 15 is 0 Å². The van der Waals surface area contributed by atoms with Crippen molar-refractivity contribution in [3.8, 4) is 39.3 Å². The number of hydrogen-bond acceptors (Lipinski definition) is 6. The maximum Gasteiger partial charge on any atom is 0.260 e. The minimum Gasteiger partial charge on any atom is -0.506 e. The van der Waals surface area contributed by atoms with Crippen LogP contribution >= 0.6 is 22.9 Å². The second-order valence-corrected chi connectivity index (χ2v) is 8.24. The number of thiazole rings is 1. The van der Waals surface area contributed by atoms with Gasteiger partial charge in [-0.1, -0.05) is 41.9 Å². The number of hydrogen-bond donors (Lipinski definition) is 3. The van der Waals surface area contributed by atoms with Gasteiger partial charge >= 0.3 is 0 Å². The van der Waals surface area contributed by atoms with Crippen molar-refractivity contribution >= 4 is 39.0 Å². The zero-order chi connectivity index (χ0) is 21.5. The normalized spacial score (nSPS) is 11.1. The van der Waals surface area contributed by atoms with Gasteiger partial charge in [0.2, 0.25) is 0 Å². The van der Waals surface area contributed by atoms with Gasteiger partial charge in [0, 0.05) is 39.9 Å². The van der Waals surface area contributed by atoms with Crippen molar-refractivity contribution in [2.75, 3.05) is 5.73 Å². The molecular formula is C23H15ClN4O2S. The van der Waals surface area contributed by atoms with Crippen molar-refractivity contribution < 1.29 is 5.11 Å². The molecule has 0 saturated heterocycles. The van der Waals surface area contributed by atoms with Crippen LogP contribution in [0.15, 0.2) is 71.1 Å². The maximum absolute atomic E-state index is 12.6. The zero-order valence-electron chi connectivity index (χ0n) is 16.0. The van der Waals surface area contributed by atoms with Gasteiger partial charge in [-0.25, -0.2) is 4.98 Å². The highest BCUT2D eigenvalue weighted by Gasteiger charge is 2.16. The van der Waals surface area contributed by atoms with Gasteiger partial charge in [0.25, 0.3) is 5.56 Å². The van der Waals surface area contributed by atoms with E-state index in [1.807, 2.05) is 29.6 Å². The Morgan fingerprint density at radius 1 is 1.06 bits per heavy atom. The van der Waals surface area contributed by atoms with Gasteiger partial charge in [0.05, 0.1) is 21.8 Å². The van der Waals surface area contributed by atoms with Crippen LogP contribution in [-0.4, -0.2) is 20.1 Å². The van der Waals surface area contributed by atoms with E-state index in [0.717, 1.165) is 22.4 Å². The molecule has 0 fully saturated rings. The van der Waals surface area contributed by atoms with Crippen LogP contribution in [0, 0.1) is 0 Å². The lowest BCUT2D eigenvalue weighted by atomic mass is 9.99. The van der Waals surface area contributed by atoms with Gasteiger partial charge in [-0.3, -0.25) is 9.78 Å². The summed E-state index contributed by atoms with van der Waals surface area (Å²) in [5.74, 6) is -0.112. The lowest BCUT2D eigenvalue weighted by molar-refractivity contribution is 0.482. The Kier molecular flexibility index (Phi) is 4.69. The van der Waals surface area contributed by atoms with Gasteiger partial charge in [-0.05, 0) is 23.8 Å². The summed E-state index contributed by atoms with van der Waals surface area (Å²) in [7, 11) is 0. The molecule has 0 saturated carbocycles. The lowest BCUT2D eigenvalue weighted by Crippen LogP contribution is -2.09. The first-order valence-corrected chi connectivity index (χ1v) is 10.6. The van der Waals surface area contributed by atoms with Crippen molar-refractivity contribution in [1.82, 2.24) is 15.0 Å². The number of nitrogens with one attached hydrogen (secondary N) is 1. The number of aromatic hydroxyl groups is 1. The summed E-state index contributed by atoms with van der Waals surface area (Å²) < 4.78 is 0. The molecule has 3 aromatic heterocycles. The molecule has 0 aliphatic heterocycles. The highest BCUT2D eigenvalue weighted by Crippen LogP contribution is 2.38. The molecule has 0 aliphatic rings. The number of aromatic nitrogens is 3. The maximum atomic E-state index is 12.6. The molecule has 0 bridgehead atoms. The zero-order valence-corrected chi connectivity index (χ0v) is 17.5. The average Bonchev–Trinajstić information content (AvgIpc) is 3.21. The number of pyridine rings is 2. The van der Waals surface area contributed by atoms with E-state index < -0.39 is 5.56 Å². The van der Waals surface area contributed by atoms with Crippen molar-refractivity contribution in [3.05, 3.63) is 81.7 Å². The molecule has 0 spiro atoms. The van der Waals surface area contributed by atoms with Crippen molar-refractivity contribution in [2.24, 2.45) is 0 Å². The smallest absolute Gasteiger partial charge is 0.260 e. The van der Waals surface area contributed by atoms with E-state index in [9.17, 15) is 9.90 Å². The lowest BCUT2D eigenvalue weighted by Gasteiger charge is -2.11. The Morgan fingerprint density at radius 2 is 1.84 bits per heavy atom. The summed E-state index contributed by atoms with van der Waals surface area (Å²) in [6, 6.07) is 14.6. The van der Waals surface area contributed by atoms with Crippen LogP contribution < -0.4 is 11.3 Å². The van der Waals surface area contributed by atoms with Crippen LogP contribution in [-0.2, 0) is 0 Å². The predicted octanol–water partition coefficient (Wildman–Crippen LogP) is 5.32. The van der Waals surface area contributed by atoms with Gasteiger partial charge in [-0.15, -0.1) is 11.3 Å². The first-order chi connectivity index (χ1) is 15.0. The number of nitrogens with zero attached hydrogens (tertiary/aromatic N) is 2. The van der Waals surface area contributed by atoms with Crippen LogP contribution in [0.2, 0.25) is 5.02 Å².